The lowest BCUT2D eigenvalue weighted by atomic mass is 10.1. The highest BCUT2D eigenvalue weighted by molar-refractivity contribution is 9.09. The summed E-state index contributed by atoms with van der Waals surface area (Å²) in [6.07, 6.45) is 0.434. The fourth-order valence-corrected chi connectivity index (χ4v) is 2.58. The number of alkyl halides is 1. The molecular weight excluding hydrogens is 312 g/mol. The first-order valence-corrected chi connectivity index (χ1v) is 6.95. The molecule has 0 aliphatic carbocycles. The molecule has 1 aromatic rings. The van der Waals surface area contributed by atoms with Gasteiger partial charge in [-0.05, 0) is 25.1 Å². The van der Waals surface area contributed by atoms with Gasteiger partial charge in [0.05, 0.1) is 23.5 Å². The number of anilines is 2. The molecule has 6 heteroatoms. The quantitative estimate of drug-likeness (QED) is 0.523. The molecule has 0 spiro atoms. The highest BCUT2D eigenvalue weighted by Gasteiger charge is 2.30. The van der Waals surface area contributed by atoms with E-state index >= 15 is 0 Å². The summed E-state index contributed by atoms with van der Waals surface area (Å²) in [7, 11) is 0. The number of carbonyl (C=O) groups is 2. The van der Waals surface area contributed by atoms with Crippen LogP contribution in [0.25, 0.3) is 0 Å². The minimum atomic E-state index is -0.411. The summed E-state index contributed by atoms with van der Waals surface area (Å²) < 4.78 is 4.94. The van der Waals surface area contributed by atoms with E-state index in [1.54, 1.807) is 30.0 Å². The molecule has 1 unspecified atom stereocenters. The van der Waals surface area contributed by atoms with Gasteiger partial charge in [0.2, 0.25) is 5.91 Å². The van der Waals surface area contributed by atoms with Gasteiger partial charge in [0.25, 0.3) is 0 Å². The van der Waals surface area contributed by atoms with Crippen LogP contribution >= 0.6 is 15.9 Å². The number of hydrogen-bond acceptors (Lipinski definition) is 4. The first kappa shape index (κ1) is 13.9. The highest BCUT2D eigenvalue weighted by atomic mass is 79.9. The van der Waals surface area contributed by atoms with Crippen LogP contribution in [-0.2, 0) is 9.53 Å². The summed E-state index contributed by atoms with van der Waals surface area (Å²) in [5.41, 5.74) is 7.33. The van der Waals surface area contributed by atoms with Gasteiger partial charge in [-0.2, -0.15) is 0 Å². The lowest BCUT2D eigenvalue weighted by Gasteiger charge is -2.19. The second-order valence-corrected chi connectivity index (χ2v) is 5.59. The summed E-state index contributed by atoms with van der Waals surface area (Å²) in [4.78, 5) is 25.3. The molecule has 102 valence electrons. The van der Waals surface area contributed by atoms with E-state index in [1.165, 1.54) is 0 Å². The number of hydrogen-bond donors (Lipinski definition) is 1. The van der Waals surface area contributed by atoms with E-state index in [4.69, 9.17) is 10.5 Å². The Bertz CT molecular complexity index is 519. The first-order valence-electron chi connectivity index (χ1n) is 6.04. The van der Waals surface area contributed by atoms with Gasteiger partial charge in [-0.3, -0.25) is 4.79 Å². The number of rotatable bonds is 3. The normalized spacial score (nSPS) is 18.7. The van der Waals surface area contributed by atoms with Crippen LogP contribution in [0.15, 0.2) is 18.2 Å². The third kappa shape index (κ3) is 2.89. The van der Waals surface area contributed by atoms with Crippen LogP contribution in [0.5, 0.6) is 0 Å². The maximum Gasteiger partial charge on any atom is 0.338 e. The number of nitrogens with zero attached hydrogens (tertiary/aromatic N) is 1. The van der Waals surface area contributed by atoms with Crippen molar-refractivity contribution in [3.63, 3.8) is 0 Å². The lowest BCUT2D eigenvalue weighted by Crippen LogP contribution is -2.26. The molecule has 19 heavy (non-hydrogen) atoms. The van der Waals surface area contributed by atoms with E-state index in [2.05, 4.69) is 15.9 Å². The topological polar surface area (TPSA) is 72.6 Å². The van der Waals surface area contributed by atoms with Crippen LogP contribution in [0, 0.1) is 0 Å². The number of nitrogens with two attached hydrogens (primary N) is 1. The molecular formula is C13H15BrN2O3. The molecule has 1 fully saturated rings. The van der Waals surface area contributed by atoms with Gasteiger partial charge < -0.3 is 15.4 Å². The standard InChI is InChI=1S/C13H15BrN2O3/c1-2-19-13(18)8-3-4-10(15)11(5-8)16-7-9(14)6-12(16)17/h3-5,9H,2,6-7,15H2,1H3. The maximum atomic E-state index is 11.9. The van der Waals surface area contributed by atoms with Gasteiger partial charge in [0.15, 0.2) is 0 Å². The number of benzene rings is 1. The predicted octanol–water partition coefficient (Wildman–Crippen LogP) is 1.95. The molecule has 1 aromatic carbocycles. The van der Waals surface area contributed by atoms with Crippen molar-refractivity contribution in [3.05, 3.63) is 23.8 Å². The monoisotopic (exact) mass is 326 g/mol. The second kappa shape index (κ2) is 5.61. The van der Waals surface area contributed by atoms with Gasteiger partial charge >= 0.3 is 5.97 Å². The Morgan fingerprint density at radius 2 is 2.32 bits per heavy atom. The van der Waals surface area contributed by atoms with Gasteiger partial charge in [0.1, 0.15) is 0 Å². The van der Waals surface area contributed by atoms with Gasteiger partial charge in [-0.25, -0.2) is 4.79 Å². The molecule has 1 amide bonds. The Labute approximate surface area is 119 Å². The van der Waals surface area contributed by atoms with E-state index in [0.29, 0.717) is 36.5 Å². The minimum absolute atomic E-state index is 0.00501. The molecule has 0 radical (unpaired) electrons. The fourth-order valence-electron chi connectivity index (χ4n) is 2.02. The molecule has 1 aliphatic rings. The van der Waals surface area contributed by atoms with Crippen LogP contribution in [0.4, 0.5) is 11.4 Å². The molecule has 0 bridgehead atoms. The zero-order valence-electron chi connectivity index (χ0n) is 10.6. The zero-order chi connectivity index (χ0) is 14.0. The van der Waals surface area contributed by atoms with Crippen molar-refractivity contribution in [2.24, 2.45) is 0 Å². The Morgan fingerprint density at radius 3 is 2.89 bits per heavy atom. The highest BCUT2D eigenvalue weighted by Crippen LogP contribution is 2.30. The van der Waals surface area contributed by atoms with Crippen molar-refractivity contribution >= 4 is 39.2 Å². The van der Waals surface area contributed by atoms with Crippen molar-refractivity contribution in [1.29, 1.82) is 0 Å². The van der Waals surface area contributed by atoms with Crippen molar-refractivity contribution < 1.29 is 14.3 Å². The number of halogens is 1. The molecule has 2 N–H and O–H groups in total. The lowest BCUT2D eigenvalue weighted by molar-refractivity contribution is -0.117. The number of carbonyl (C=O) groups excluding carboxylic acids is 2. The maximum absolute atomic E-state index is 11.9. The third-order valence-corrected chi connectivity index (χ3v) is 3.52. The molecule has 1 heterocycles. The Balaban J connectivity index is 2.32. The van der Waals surface area contributed by atoms with E-state index in [1.807, 2.05) is 0 Å². The summed E-state index contributed by atoms with van der Waals surface area (Å²) in [6, 6.07) is 4.83. The fraction of sp³-hybridized carbons (Fsp3) is 0.385. The molecule has 1 aliphatic heterocycles. The Kier molecular flexibility index (Phi) is 4.09. The molecule has 5 nitrogen and oxygen atoms in total. The summed E-state index contributed by atoms with van der Waals surface area (Å²) in [5, 5.41) is 0. The first-order chi connectivity index (χ1) is 9.02. The van der Waals surface area contributed by atoms with Crippen LogP contribution in [0.2, 0.25) is 0 Å². The number of nitrogen functional groups attached to an aromatic ring is 1. The Morgan fingerprint density at radius 1 is 1.58 bits per heavy atom. The van der Waals surface area contributed by atoms with Crippen molar-refractivity contribution in [3.8, 4) is 0 Å². The largest absolute Gasteiger partial charge is 0.462 e. The van der Waals surface area contributed by atoms with Crippen molar-refractivity contribution in [2.75, 3.05) is 23.8 Å². The van der Waals surface area contributed by atoms with E-state index in [9.17, 15) is 9.59 Å². The minimum Gasteiger partial charge on any atom is -0.462 e. The average Bonchev–Trinajstić information content (AvgIpc) is 2.69. The molecule has 0 saturated carbocycles. The van der Waals surface area contributed by atoms with Crippen molar-refractivity contribution in [2.45, 2.75) is 18.2 Å². The average molecular weight is 327 g/mol. The predicted molar refractivity (Wildman–Crippen MR) is 76.5 cm³/mol. The van der Waals surface area contributed by atoms with E-state index < -0.39 is 5.97 Å². The van der Waals surface area contributed by atoms with Crippen LogP contribution in [-0.4, -0.2) is 29.9 Å². The number of esters is 1. The summed E-state index contributed by atoms with van der Waals surface area (Å²) in [6.45, 7) is 2.61. The van der Waals surface area contributed by atoms with E-state index in [-0.39, 0.29) is 10.7 Å². The summed E-state index contributed by atoms with van der Waals surface area (Å²) in [5.74, 6) is -0.416. The van der Waals surface area contributed by atoms with Crippen molar-refractivity contribution in [1.82, 2.24) is 0 Å². The Hall–Kier alpha value is -1.56. The SMILES string of the molecule is CCOC(=O)c1ccc(N)c(N2CC(Br)CC2=O)c1. The summed E-state index contributed by atoms with van der Waals surface area (Å²) >= 11 is 3.42. The molecule has 2 rings (SSSR count). The third-order valence-electron chi connectivity index (χ3n) is 2.91. The van der Waals surface area contributed by atoms with Gasteiger partial charge in [-0.1, -0.05) is 15.9 Å². The van der Waals surface area contributed by atoms with Crippen LogP contribution < -0.4 is 10.6 Å². The number of amides is 1. The molecule has 0 aromatic heterocycles. The van der Waals surface area contributed by atoms with Gasteiger partial charge in [-0.15, -0.1) is 0 Å². The van der Waals surface area contributed by atoms with Gasteiger partial charge in [0, 0.05) is 17.8 Å². The van der Waals surface area contributed by atoms with Crippen LogP contribution in [0.1, 0.15) is 23.7 Å². The van der Waals surface area contributed by atoms with Crippen LogP contribution in [0.3, 0.4) is 0 Å². The zero-order valence-corrected chi connectivity index (χ0v) is 12.1. The molecule has 1 saturated heterocycles. The van der Waals surface area contributed by atoms with E-state index in [0.717, 1.165) is 0 Å². The smallest absolute Gasteiger partial charge is 0.338 e. The molecule has 1 atom stereocenters. The number of ether oxygens (including phenoxy) is 1. The second-order valence-electron chi connectivity index (χ2n) is 4.30.